The fourth-order valence-electron chi connectivity index (χ4n) is 3.98. The van der Waals surface area contributed by atoms with Crippen molar-refractivity contribution in [1.82, 2.24) is 16.0 Å². The molecular weight excluding hydrogens is 482 g/mol. The molecule has 0 saturated carbocycles. The van der Waals surface area contributed by atoms with E-state index >= 15 is 0 Å². The molecule has 9 heteroatoms. The van der Waals surface area contributed by atoms with Crippen LogP contribution in [0.25, 0.3) is 0 Å². The number of carbonyl (C=O) groups excluding carboxylic acids is 4. The lowest BCUT2D eigenvalue weighted by Gasteiger charge is -2.24. The standard InChI is InChI=1S/C26H39N3O4S2/c1-5-27-26(33)24(31)23(19-11-7-6-8-12-19)29-25(32)21(17-18(2)3)28-22(30)14-10-9-13-20-15-16-34-35(20)4/h6-8,11-12,18,20-21,23H,4-5,9-10,13-17H2,1-3H3,(H,27,33)(H,28,30)(H,29,32)/t20?,21-,23-,35?/m0/s1. The minimum absolute atomic E-state index is 0.148. The van der Waals surface area contributed by atoms with Crippen LogP contribution in [0.1, 0.15) is 70.9 Å². The Bertz CT molecular complexity index is 892. The van der Waals surface area contributed by atoms with Gasteiger partial charge in [-0.2, -0.15) is 0 Å². The number of hydrogen-bond acceptors (Lipinski definition) is 5. The molecule has 4 atom stereocenters. The third-order valence-electron chi connectivity index (χ3n) is 5.83. The van der Waals surface area contributed by atoms with Crippen molar-refractivity contribution < 1.29 is 19.2 Å². The van der Waals surface area contributed by atoms with E-state index < -0.39 is 29.7 Å². The number of unbranched alkanes of at least 4 members (excludes halogenated alkanes) is 1. The highest BCUT2D eigenvalue weighted by molar-refractivity contribution is 8.84. The maximum absolute atomic E-state index is 13.2. The van der Waals surface area contributed by atoms with Crippen LogP contribution in [0.2, 0.25) is 0 Å². The van der Waals surface area contributed by atoms with E-state index in [2.05, 4.69) is 21.8 Å². The van der Waals surface area contributed by atoms with E-state index in [1.807, 2.05) is 24.6 Å². The van der Waals surface area contributed by atoms with Crippen LogP contribution in [0.3, 0.4) is 0 Å². The van der Waals surface area contributed by atoms with Gasteiger partial charge in [0.15, 0.2) is 0 Å². The quantitative estimate of drug-likeness (QED) is 0.150. The summed E-state index contributed by atoms with van der Waals surface area (Å²) in [7, 11) is 2.12. The Labute approximate surface area is 215 Å². The Hall–Kier alpha value is -2.13. The van der Waals surface area contributed by atoms with E-state index in [0.717, 1.165) is 19.3 Å². The van der Waals surface area contributed by atoms with Crippen LogP contribution in [-0.2, 0) is 19.2 Å². The topological polar surface area (TPSA) is 104 Å². The molecule has 1 saturated heterocycles. The van der Waals surface area contributed by atoms with Crippen LogP contribution in [0.15, 0.2) is 30.3 Å². The van der Waals surface area contributed by atoms with Crippen molar-refractivity contribution in [2.75, 3.05) is 12.3 Å². The molecule has 194 valence electrons. The minimum atomic E-state index is -1.12. The highest BCUT2D eigenvalue weighted by Crippen LogP contribution is 2.45. The molecule has 3 amide bonds. The molecule has 1 aromatic carbocycles. The highest BCUT2D eigenvalue weighted by atomic mass is 33.1. The zero-order chi connectivity index (χ0) is 25.8. The first-order valence-corrected chi connectivity index (χ1v) is 15.3. The molecule has 1 fully saturated rings. The van der Waals surface area contributed by atoms with Crippen molar-refractivity contribution in [2.45, 2.75) is 76.6 Å². The summed E-state index contributed by atoms with van der Waals surface area (Å²) in [6.07, 6.45) is 4.81. The van der Waals surface area contributed by atoms with Gasteiger partial charge in [0, 0.05) is 24.0 Å². The number of rotatable bonds is 14. The molecule has 2 rings (SSSR count). The lowest BCUT2D eigenvalue weighted by molar-refractivity contribution is -0.140. The van der Waals surface area contributed by atoms with Crippen LogP contribution in [0, 0.1) is 5.92 Å². The molecule has 7 nitrogen and oxygen atoms in total. The van der Waals surface area contributed by atoms with Crippen molar-refractivity contribution in [3.05, 3.63) is 35.9 Å². The lowest BCUT2D eigenvalue weighted by atomic mass is 9.99. The molecule has 0 radical (unpaired) electrons. The predicted molar refractivity (Wildman–Crippen MR) is 146 cm³/mol. The monoisotopic (exact) mass is 521 g/mol. The van der Waals surface area contributed by atoms with Gasteiger partial charge in [0.05, 0.1) is 0 Å². The normalized spacial score (nSPS) is 19.1. The van der Waals surface area contributed by atoms with E-state index in [1.54, 1.807) is 37.3 Å². The minimum Gasteiger partial charge on any atom is -0.350 e. The number of carbonyl (C=O) groups is 4. The average Bonchev–Trinajstić information content (AvgIpc) is 3.24. The largest absolute Gasteiger partial charge is 0.350 e. The molecule has 0 aliphatic carbocycles. The molecule has 0 spiro atoms. The molecule has 3 N–H and O–H groups in total. The number of ketones is 1. The Morgan fingerprint density at radius 3 is 2.43 bits per heavy atom. The number of likely N-dealkylation sites (N-methyl/N-ethyl adjacent to an activating group) is 1. The van der Waals surface area contributed by atoms with Crippen molar-refractivity contribution in [1.29, 1.82) is 0 Å². The molecule has 2 unspecified atom stereocenters. The lowest BCUT2D eigenvalue weighted by Crippen LogP contribution is -2.50. The number of amides is 3. The maximum Gasteiger partial charge on any atom is 0.289 e. The molecule has 1 aliphatic rings. The van der Waals surface area contributed by atoms with Gasteiger partial charge in [-0.15, -0.1) is 20.3 Å². The number of benzene rings is 1. The summed E-state index contributed by atoms with van der Waals surface area (Å²) in [5.41, 5.74) is 0.515. The number of hydrogen-bond donors (Lipinski definition) is 3. The zero-order valence-electron chi connectivity index (χ0n) is 21.0. The maximum atomic E-state index is 13.2. The van der Waals surface area contributed by atoms with Crippen LogP contribution >= 0.6 is 20.3 Å². The predicted octanol–water partition coefficient (Wildman–Crippen LogP) is 3.76. The van der Waals surface area contributed by atoms with Gasteiger partial charge in [-0.05, 0) is 44.1 Å². The van der Waals surface area contributed by atoms with Gasteiger partial charge in [0.1, 0.15) is 12.1 Å². The van der Waals surface area contributed by atoms with Gasteiger partial charge in [0.2, 0.25) is 17.6 Å². The first kappa shape index (κ1) is 29.1. The van der Waals surface area contributed by atoms with Crippen LogP contribution in [0.5, 0.6) is 0 Å². The third-order valence-corrected chi connectivity index (χ3v) is 9.97. The van der Waals surface area contributed by atoms with Crippen molar-refractivity contribution in [3.8, 4) is 0 Å². The van der Waals surface area contributed by atoms with Gasteiger partial charge in [0.25, 0.3) is 5.91 Å². The van der Waals surface area contributed by atoms with Gasteiger partial charge < -0.3 is 16.0 Å². The van der Waals surface area contributed by atoms with Gasteiger partial charge in [-0.25, -0.2) is 0 Å². The van der Waals surface area contributed by atoms with Gasteiger partial charge in [-0.3, -0.25) is 19.2 Å². The second kappa shape index (κ2) is 15.1. The molecule has 35 heavy (non-hydrogen) atoms. The summed E-state index contributed by atoms with van der Waals surface area (Å²) < 4.78 is 0. The fourth-order valence-corrected chi connectivity index (χ4v) is 7.82. The van der Waals surface area contributed by atoms with Gasteiger partial charge in [-0.1, -0.05) is 56.5 Å². The number of Topliss-reactive ketones (excluding diaryl/α,β-unsaturated/α-hetero) is 1. The van der Waals surface area contributed by atoms with Crippen LogP contribution in [-0.4, -0.2) is 53.0 Å². The Balaban J connectivity index is 2.00. The van der Waals surface area contributed by atoms with Crippen LogP contribution < -0.4 is 16.0 Å². The molecule has 0 aromatic heterocycles. The molecule has 1 aromatic rings. The summed E-state index contributed by atoms with van der Waals surface area (Å²) in [6.45, 7) is 5.97. The summed E-state index contributed by atoms with van der Waals surface area (Å²) in [5, 5.41) is 8.73. The molecule has 1 heterocycles. The Morgan fingerprint density at radius 2 is 1.83 bits per heavy atom. The summed E-state index contributed by atoms with van der Waals surface area (Å²) in [5.74, 6) is 3.40. The van der Waals surface area contributed by atoms with E-state index in [1.165, 1.54) is 12.2 Å². The smallest absolute Gasteiger partial charge is 0.289 e. The van der Waals surface area contributed by atoms with E-state index in [0.29, 0.717) is 30.2 Å². The average molecular weight is 522 g/mol. The fraction of sp³-hybridized carbons (Fsp3) is 0.577. The number of nitrogens with one attached hydrogen (secondary N) is 3. The van der Waals surface area contributed by atoms with Crippen molar-refractivity contribution in [2.24, 2.45) is 5.92 Å². The first-order valence-electron chi connectivity index (χ1n) is 12.4. The molecular formula is C26H39N3O4S2. The zero-order valence-corrected chi connectivity index (χ0v) is 22.6. The molecule has 1 aliphatic heterocycles. The summed E-state index contributed by atoms with van der Waals surface area (Å²) >= 11 is 0. The van der Waals surface area contributed by atoms with E-state index in [9.17, 15) is 19.2 Å². The van der Waals surface area contributed by atoms with Gasteiger partial charge >= 0.3 is 0 Å². The SMILES string of the molecule is C=S1SCCC1CCCCC(=O)N[C@@H](CC(C)C)C(=O)N[C@H](C(=O)C(=O)NCC)c1ccccc1. The van der Waals surface area contributed by atoms with E-state index in [-0.39, 0.29) is 21.3 Å². The Kier molecular flexibility index (Phi) is 12.5. The summed E-state index contributed by atoms with van der Waals surface area (Å²) in [4.78, 5) is 50.9. The summed E-state index contributed by atoms with van der Waals surface area (Å²) in [6, 6.07) is 6.76. The van der Waals surface area contributed by atoms with E-state index in [4.69, 9.17) is 0 Å². The second-order valence-corrected chi connectivity index (χ2v) is 13.2. The Morgan fingerprint density at radius 1 is 1.11 bits per heavy atom. The van der Waals surface area contributed by atoms with Crippen molar-refractivity contribution >= 4 is 49.7 Å². The molecule has 0 bridgehead atoms. The second-order valence-electron chi connectivity index (χ2n) is 9.18. The first-order chi connectivity index (χ1) is 16.7. The highest BCUT2D eigenvalue weighted by Gasteiger charge is 2.31. The third kappa shape index (κ3) is 9.80. The van der Waals surface area contributed by atoms with Crippen molar-refractivity contribution in [3.63, 3.8) is 0 Å². The van der Waals surface area contributed by atoms with Crippen LogP contribution in [0.4, 0.5) is 0 Å².